The fourth-order valence-corrected chi connectivity index (χ4v) is 4.48. The Hall–Kier alpha value is -0.660. The average molecular weight is 333 g/mol. The number of hydrogen-bond acceptors (Lipinski definition) is 4. The summed E-state index contributed by atoms with van der Waals surface area (Å²) < 4.78 is 27.9. The highest BCUT2D eigenvalue weighted by Gasteiger charge is 2.44. The first-order valence-corrected chi connectivity index (χ1v) is 8.66. The van der Waals surface area contributed by atoms with E-state index in [1.807, 2.05) is 32.9 Å². The van der Waals surface area contributed by atoms with E-state index in [-0.39, 0.29) is 12.6 Å². The van der Waals surface area contributed by atoms with Gasteiger partial charge in [-0.05, 0) is 38.5 Å². The van der Waals surface area contributed by atoms with Crippen molar-refractivity contribution < 1.29 is 13.3 Å². The van der Waals surface area contributed by atoms with Crippen molar-refractivity contribution in [3.8, 4) is 0 Å². The molecule has 0 aromatic heterocycles. The number of sulfonamides is 1. The number of hydroxylamine groups is 2. The summed E-state index contributed by atoms with van der Waals surface area (Å²) in [6, 6.07) is 6.81. The van der Waals surface area contributed by atoms with Crippen molar-refractivity contribution in [2.24, 2.45) is 0 Å². The molecule has 5 nitrogen and oxygen atoms in total. The Balaban J connectivity index is 2.32. The Bertz CT molecular complexity index is 596. The van der Waals surface area contributed by atoms with E-state index in [1.165, 1.54) is 0 Å². The summed E-state index contributed by atoms with van der Waals surface area (Å²) >= 11 is 5.89. The van der Waals surface area contributed by atoms with E-state index >= 15 is 0 Å². The zero-order valence-corrected chi connectivity index (χ0v) is 14.2. The molecule has 2 atom stereocenters. The summed E-state index contributed by atoms with van der Waals surface area (Å²) in [5, 5.41) is 1.55. The van der Waals surface area contributed by atoms with E-state index in [4.69, 9.17) is 16.4 Å². The van der Waals surface area contributed by atoms with Gasteiger partial charge in [0.2, 0.25) is 10.0 Å². The van der Waals surface area contributed by atoms with Crippen LogP contribution < -0.4 is 4.72 Å². The van der Waals surface area contributed by atoms with Crippen molar-refractivity contribution >= 4 is 21.6 Å². The predicted molar refractivity (Wildman–Crippen MR) is 83.5 cm³/mol. The van der Waals surface area contributed by atoms with Gasteiger partial charge in [0.1, 0.15) is 5.25 Å². The number of halogens is 1. The van der Waals surface area contributed by atoms with Gasteiger partial charge in [-0.2, -0.15) is 5.06 Å². The first-order valence-electron chi connectivity index (χ1n) is 6.74. The molecule has 1 fully saturated rings. The maximum Gasteiger partial charge on any atom is 0.219 e. The number of benzene rings is 1. The van der Waals surface area contributed by atoms with Crippen LogP contribution in [0, 0.1) is 0 Å². The summed E-state index contributed by atoms with van der Waals surface area (Å²) in [5.74, 6) is 0. The molecule has 0 aliphatic carbocycles. The Morgan fingerprint density at radius 2 is 1.86 bits per heavy atom. The summed E-state index contributed by atoms with van der Waals surface area (Å²) in [6.07, 6.45) is 0. The Morgan fingerprint density at radius 1 is 1.29 bits per heavy atom. The number of rotatable bonds is 3. The zero-order valence-electron chi connectivity index (χ0n) is 12.6. The molecule has 0 radical (unpaired) electrons. The lowest BCUT2D eigenvalue weighted by molar-refractivity contribution is -0.110. The van der Waals surface area contributed by atoms with Crippen molar-refractivity contribution in [3.63, 3.8) is 0 Å². The molecular formula is C14H21ClN2O3S. The molecule has 1 aliphatic heterocycles. The summed E-state index contributed by atoms with van der Waals surface area (Å²) in [4.78, 5) is 5.44. The second kappa shape index (κ2) is 5.85. The van der Waals surface area contributed by atoms with Crippen molar-refractivity contribution in [2.45, 2.75) is 37.6 Å². The zero-order chi connectivity index (χ0) is 15.8. The smallest absolute Gasteiger partial charge is 0.219 e. The van der Waals surface area contributed by atoms with Crippen LogP contribution in [0.1, 0.15) is 32.4 Å². The molecule has 2 rings (SSSR count). The van der Waals surface area contributed by atoms with E-state index in [1.54, 1.807) is 24.2 Å². The summed E-state index contributed by atoms with van der Waals surface area (Å²) in [5.41, 5.74) is 0.341. The first-order chi connectivity index (χ1) is 9.60. The molecular weight excluding hydrogens is 312 g/mol. The van der Waals surface area contributed by atoms with E-state index in [2.05, 4.69) is 4.72 Å². The lowest BCUT2D eigenvalue weighted by atomic mass is 10.0. The second-order valence-electron chi connectivity index (χ2n) is 6.27. The van der Waals surface area contributed by atoms with Crippen LogP contribution in [0.2, 0.25) is 5.02 Å². The molecule has 1 aromatic carbocycles. The Kier molecular flexibility index (Phi) is 4.66. The van der Waals surface area contributed by atoms with Crippen LogP contribution in [-0.2, 0) is 14.9 Å². The molecule has 0 spiro atoms. The van der Waals surface area contributed by atoms with Crippen LogP contribution >= 0.6 is 11.6 Å². The van der Waals surface area contributed by atoms with Gasteiger partial charge in [-0.3, -0.25) is 4.84 Å². The SMILES string of the molecule is CN1OCC(S(=O)(=O)NC(C)(C)C)C1c1ccc(Cl)cc1. The van der Waals surface area contributed by atoms with E-state index in [9.17, 15) is 8.42 Å². The average Bonchev–Trinajstić information content (AvgIpc) is 2.70. The highest BCUT2D eigenvalue weighted by Crippen LogP contribution is 2.34. The van der Waals surface area contributed by atoms with Crippen LogP contribution in [-0.4, -0.2) is 37.9 Å². The van der Waals surface area contributed by atoms with Crippen LogP contribution in [0.4, 0.5) is 0 Å². The van der Waals surface area contributed by atoms with Crippen molar-refractivity contribution in [1.82, 2.24) is 9.79 Å². The molecule has 0 amide bonds. The normalized spacial score (nSPS) is 24.4. The van der Waals surface area contributed by atoms with E-state index in [0.717, 1.165) is 5.56 Å². The van der Waals surface area contributed by atoms with Crippen molar-refractivity contribution in [1.29, 1.82) is 0 Å². The topological polar surface area (TPSA) is 58.6 Å². The molecule has 1 aromatic rings. The summed E-state index contributed by atoms with van der Waals surface area (Å²) in [7, 11) is -1.77. The fraction of sp³-hybridized carbons (Fsp3) is 0.571. The monoisotopic (exact) mass is 332 g/mol. The molecule has 1 heterocycles. The van der Waals surface area contributed by atoms with Gasteiger partial charge in [-0.25, -0.2) is 13.1 Å². The largest absolute Gasteiger partial charge is 0.297 e. The summed E-state index contributed by atoms with van der Waals surface area (Å²) in [6.45, 7) is 5.60. The van der Waals surface area contributed by atoms with Crippen LogP contribution in [0.3, 0.4) is 0 Å². The molecule has 2 unspecified atom stereocenters. The molecule has 7 heteroatoms. The minimum absolute atomic E-state index is 0.134. The standard InChI is InChI=1S/C14H21ClN2O3S/c1-14(2,3)16-21(18,19)12-9-20-17(4)13(12)10-5-7-11(15)8-6-10/h5-8,12-13,16H,9H2,1-4H3. The van der Waals surface area contributed by atoms with Crippen LogP contribution in [0.15, 0.2) is 24.3 Å². The molecule has 21 heavy (non-hydrogen) atoms. The predicted octanol–water partition coefficient (Wildman–Crippen LogP) is 2.34. The third-order valence-corrected chi connectivity index (χ3v) is 5.58. The highest BCUT2D eigenvalue weighted by atomic mass is 35.5. The van der Waals surface area contributed by atoms with Crippen molar-refractivity contribution in [2.75, 3.05) is 13.7 Å². The molecule has 118 valence electrons. The van der Waals surface area contributed by atoms with Gasteiger partial charge in [-0.1, -0.05) is 23.7 Å². The number of nitrogens with zero attached hydrogens (tertiary/aromatic N) is 1. The van der Waals surface area contributed by atoms with Gasteiger partial charge < -0.3 is 0 Å². The lowest BCUT2D eigenvalue weighted by Crippen LogP contribution is -2.47. The van der Waals surface area contributed by atoms with E-state index in [0.29, 0.717) is 5.02 Å². The van der Waals surface area contributed by atoms with E-state index < -0.39 is 20.8 Å². The minimum Gasteiger partial charge on any atom is -0.297 e. The molecule has 1 saturated heterocycles. The molecule has 0 bridgehead atoms. The third kappa shape index (κ3) is 3.96. The van der Waals surface area contributed by atoms with Gasteiger partial charge in [0.15, 0.2) is 0 Å². The number of hydrogen-bond donors (Lipinski definition) is 1. The van der Waals surface area contributed by atoms with Crippen LogP contribution in [0.5, 0.6) is 0 Å². The van der Waals surface area contributed by atoms with Gasteiger partial charge in [-0.15, -0.1) is 0 Å². The second-order valence-corrected chi connectivity index (χ2v) is 8.61. The molecule has 0 saturated carbocycles. The Labute approximate surface area is 131 Å². The molecule has 1 N–H and O–H groups in total. The lowest BCUT2D eigenvalue weighted by Gasteiger charge is -2.27. The van der Waals surface area contributed by atoms with Gasteiger partial charge in [0.05, 0.1) is 12.6 Å². The maximum absolute atomic E-state index is 12.6. The molecule has 1 aliphatic rings. The quantitative estimate of drug-likeness (QED) is 0.923. The minimum atomic E-state index is -3.51. The Morgan fingerprint density at radius 3 is 2.38 bits per heavy atom. The number of nitrogens with one attached hydrogen (secondary N) is 1. The van der Waals surface area contributed by atoms with Crippen molar-refractivity contribution in [3.05, 3.63) is 34.9 Å². The highest BCUT2D eigenvalue weighted by molar-refractivity contribution is 7.90. The maximum atomic E-state index is 12.6. The van der Waals surface area contributed by atoms with Gasteiger partial charge in [0, 0.05) is 17.6 Å². The van der Waals surface area contributed by atoms with Crippen LogP contribution in [0.25, 0.3) is 0 Å². The fourth-order valence-electron chi connectivity index (χ4n) is 2.44. The van der Waals surface area contributed by atoms with Gasteiger partial charge >= 0.3 is 0 Å². The third-order valence-electron chi connectivity index (χ3n) is 3.24. The first kappa shape index (κ1) is 16.7. The van der Waals surface area contributed by atoms with Gasteiger partial charge in [0.25, 0.3) is 0 Å².